The number of nitrogens with zero attached hydrogens (tertiary/aromatic N) is 1. The maximum atomic E-state index is 13.8. The smallest absolute Gasteiger partial charge is 0.412 e. The molecule has 0 spiro atoms. The van der Waals surface area contributed by atoms with Gasteiger partial charge in [0.15, 0.2) is 16.0 Å². The number of halogens is 3. The second kappa shape index (κ2) is 8.65. The molecule has 9 nitrogen and oxygen atoms in total. The summed E-state index contributed by atoms with van der Waals surface area (Å²) in [6.07, 6.45) is -4.89. The van der Waals surface area contributed by atoms with Crippen LogP contribution < -0.4 is 21.5 Å². The molecule has 1 aliphatic rings. The zero-order valence-electron chi connectivity index (χ0n) is 18.0. The quantitative estimate of drug-likeness (QED) is 0.464. The number of hydrogen-bond donors (Lipinski definition) is 3. The first-order valence-corrected chi connectivity index (χ1v) is 12.0. The molecule has 0 saturated carbocycles. The molecule has 0 aliphatic carbocycles. The maximum absolute atomic E-state index is 13.8. The van der Waals surface area contributed by atoms with Crippen molar-refractivity contribution in [2.45, 2.75) is 42.8 Å². The molecule has 3 N–H and O–H groups in total. The van der Waals surface area contributed by atoms with Crippen LogP contribution in [0.2, 0.25) is 0 Å². The lowest BCUT2D eigenvalue weighted by molar-refractivity contribution is -0.161. The third-order valence-corrected chi connectivity index (χ3v) is 8.52. The summed E-state index contributed by atoms with van der Waals surface area (Å²) >= 11 is 0.644. The Morgan fingerprint density at radius 3 is 2.33 bits per heavy atom. The lowest BCUT2D eigenvalue weighted by Crippen LogP contribution is -2.49. The molecule has 1 aliphatic heterocycles. The summed E-state index contributed by atoms with van der Waals surface area (Å²) in [6.45, 7) is 3.62. The first-order chi connectivity index (χ1) is 15.2. The summed E-state index contributed by atoms with van der Waals surface area (Å²) in [5, 5.41) is 15.9. The van der Waals surface area contributed by atoms with Gasteiger partial charge in [-0.2, -0.15) is 13.2 Å². The van der Waals surface area contributed by atoms with Gasteiger partial charge in [-0.25, -0.2) is 12.7 Å². The molecule has 33 heavy (non-hydrogen) atoms. The number of nitrogens with one attached hydrogen (secondary N) is 2. The van der Waals surface area contributed by atoms with E-state index in [1.165, 1.54) is 25.7 Å². The predicted octanol–water partition coefficient (Wildman–Crippen LogP) is 2.72. The molecule has 1 unspecified atom stereocenters. The molecule has 182 valence electrons. The highest BCUT2D eigenvalue weighted by atomic mass is 32.2. The average molecular weight is 510 g/mol. The van der Waals surface area contributed by atoms with Crippen molar-refractivity contribution in [1.82, 2.24) is 4.31 Å². The molecule has 0 amide bonds. The first kappa shape index (κ1) is 25.1. The molecule has 0 fully saturated rings. The molecule has 1 aromatic heterocycles. The van der Waals surface area contributed by atoms with Crippen LogP contribution in [-0.2, 0) is 14.8 Å². The van der Waals surface area contributed by atoms with E-state index in [0.29, 0.717) is 16.9 Å². The van der Waals surface area contributed by atoms with Crippen molar-refractivity contribution in [2.75, 3.05) is 24.7 Å². The Kier molecular flexibility index (Phi) is 6.56. The summed E-state index contributed by atoms with van der Waals surface area (Å²) in [5.74, 6) is -0.744. The Morgan fingerprint density at radius 1 is 1.21 bits per heavy atom. The number of anilines is 3. The molecule has 3 rings (SSSR count). The standard InChI is InChI=1S/C19H22F3N3O6S2/c1-8(2)9-5-11(31-6-9)17(19(20,21)22)24-13-12(15(27)16(13)28)23-10-7-32-18(14(10)26)33(29,30)25(3)4/h6-8,11,17,23-24,26H,5H2,1-4H3/t11?,17-/m0/s1. The van der Waals surface area contributed by atoms with Gasteiger partial charge in [0.05, 0.1) is 11.9 Å². The normalized spacial score (nSPS) is 18.0. The summed E-state index contributed by atoms with van der Waals surface area (Å²) in [7, 11) is -1.50. The van der Waals surface area contributed by atoms with Crippen LogP contribution >= 0.6 is 11.3 Å². The lowest BCUT2D eigenvalue weighted by atomic mass is 9.96. The van der Waals surface area contributed by atoms with Crippen molar-refractivity contribution in [2.24, 2.45) is 5.92 Å². The molecule has 2 atom stereocenters. The highest BCUT2D eigenvalue weighted by Gasteiger charge is 2.48. The molecule has 1 aromatic carbocycles. The summed E-state index contributed by atoms with van der Waals surface area (Å²) in [6, 6.07) is -2.28. The van der Waals surface area contributed by atoms with Gasteiger partial charge in [-0.1, -0.05) is 13.8 Å². The Morgan fingerprint density at radius 2 is 1.82 bits per heavy atom. The van der Waals surface area contributed by atoms with Crippen LogP contribution in [0.5, 0.6) is 5.75 Å². The van der Waals surface area contributed by atoms with Gasteiger partial charge in [0.1, 0.15) is 17.5 Å². The van der Waals surface area contributed by atoms with E-state index in [2.05, 4.69) is 10.6 Å². The first-order valence-electron chi connectivity index (χ1n) is 9.67. The van der Waals surface area contributed by atoms with Crippen molar-refractivity contribution in [3.05, 3.63) is 37.7 Å². The van der Waals surface area contributed by atoms with E-state index in [-0.39, 0.29) is 18.0 Å². The zero-order chi connectivity index (χ0) is 24.9. The van der Waals surface area contributed by atoms with Gasteiger partial charge in [-0.3, -0.25) is 9.59 Å². The van der Waals surface area contributed by atoms with Crippen molar-refractivity contribution >= 4 is 38.4 Å². The van der Waals surface area contributed by atoms with Crippen LogP contribution in [0.15, 0.2) is 31.0 Å². The van der Waals surface area contributed by atoms with Crippen molar-refractivity contribution < 1.29 is 31.4 Å². The summed E-state index contributed by atoms with van der Waals surface area (Å²) in [4.78, 5) is 24.1. The second-order valence-corrected chi connectivity index (χ2v) is 11.2. The number of thiophene rings is 1. The van der Waals surface area contributed by atoms with E-state index < -0.39 is 60.5 Å². The maximum Gasteiger partial charge on any atom is 0.412 e. The number of sulfonamides is 1. The zero-order valence-corrected chi connectivity index (χ0v) is 19.6. The molecule has 0 bridgehead atoms. The monoisotopic (exact) mass is 509 g/mol. The third kappa shape index (κ3) is 4.59. The van der Waals surface area contributed by atoms with E-state index in [1.807, 2.05) is 13.8 Å². The van der Waals surface area contributed by atoms with E-state index in [9.17, 15) is 36.3 Å². The number of aromatic hydroxyl groups is 1. The molecule has 0 radical (unpaired) electrons. The Bertz CT molecular complexity index is 1260. The highest BCUT2D eigenvalue weighted by Crippen LogP contribution is 2.41. The van der Waals surface area contributed by atoms with Gasteiger partial charge >= 0.3 is 6.18 Å². The fraction of sp³-hybridized carbons (Fsp3) is 0.474. The molecule has 14 heteroatoms. The number of alkyl halides is 3. The SMILES string of the molecule is CC(C)C1=COC([C@H](Nc2c(Nc3csc(S(=O)(=O)N(C)C)c3O)c(=O)c2=O)C(F)(F)F)C1. The van der Waals surface area contributed by atoms with Crippen LogP contribution in [0, 0.1) is 5.92 Å². The molecule has 2 aromatic rings. The average Bonchev–Trinajstić information content (AvgIpc) is 3.33. The fourth-order valence-electron chi connectivity index (χ4n) is 3.17. The predicted molar refractivity (Wildman–Crippen MR) is 117 cm³/mol. The van der Waals surface area contributed by atoms with Gasteiger partial charge in [0, 0.05) is 25.9 Å². The van der Waals surface area contributed by atoms with Crippen LogP contribution in [-0.4, -0.2) is 50.2 Å². The second-order valence-electron chi connectivity index (χ2n) is 8.00. The molecule has 2 heterocycles. The van der Waals surface area contributed by atoms with Gasteiger partial charge < -0.3 is 20.5 Å². The van der Waals surface area contributed by atoms with Crippen LogP contribution in [0.1, 0.15) is 20.3 Å². The number of ether oxygens (including phenoxy) is 1. The van der Waals surface area contributed by atoms with E-state index in [1.54, 1.807) is 0 Å². The van der Waals surface area contributed by atoms with E-state index in [0.717, 1.165) is 4.31 Å². The van der Waals surface area contributed by atoms with Gasteiger partial charge in [-0.15, -0.1) is 11.3 Å². The van der Waals surface area contributed by atoms with Gasteiger partial charge in [-0.05, 0) is 11.5 Å². The van der Waals surface area contributed by atoms with Crippen LogP contribution in [0.4, 0.5) is 30.2 Å². The topological polar surface area (TPSA) is 125 Å². The largest absolute Gasteiger partial charge is 0.504 e. The highest BCUT2D eigenvalue weighted by molar-refractivity contribution is 7.91. The minimum atomic E-state index is -4.81. The lowest BCUT2D eigenvalue weighted by Gasteiger charge is -2.28. The van der Waals surface area contributed by atoms with Gasteiger partial charge in [0.25, 0.3) is 20.9 Å². The fourth-order valence-corrected chi connectivity index (χ4v) is 5.55. The van der Waals surface area contributed by atoms with Gasteiger partial charge in [0.2, 0.25) is 0 Å². The number of rotatable bonds is 8. The minimum absolute atomic E-state index is 0.00983. The van der Waals surface area contributed by atoms with Crippen molar-refractivity contribution in [1.29, 1.82) is 0 Å². The molecular weight excluding hydrogens is 487 g/mol. The Balaban J connectivity index is 1.88. The Hall–Kier alpha value is -2.58. The Labute approximate surface area is 191 Å². The van der Waals surface area contributed by atoms with E-state index in [4.69, 9.17) is 4.74 Å². The number of hydrogen-bond acceptors (Lipinski definition) is 9. The third-order valence-electron chi connectivity index (χ3n) is 5.21. The van der Waals surface area contributed by atoms with Crippen LogP contribution in [0.25, 0.3) is 0 Å². The summed E-state index contributed by atoms with van der Waals surface area (Å²) in [5.41, 5.74) is -2.96. The van der Waals surface area contributed by atoms with Crippen molar-refractivity contribution in [3.63, 3.8) is 0 Å². The van der Waals surface area contributed by atoms with Crippen LogP contribution in [0.3, 0.4) is 0 Å². The molecular formula is C19H22F3N3O6S2. The van der Waals surface area contributed by atoms with Crippen molar-refractivity contribution in [3.8, 4) is 5.75 Å². The molecule has 0 saturated heterocycles. The summed E-state index contributed by atoms with van der Waals surface area (Å²) < 4.78 is 71.4. The van der Waals surface area contributed by atoms with E-state index >= 15 is 0 Å². The minimum Gasteiger partial charge on any atom is -0.504 e.